The van der Waals surface area contributed by atoms with Crippen LogP contribution >= 0.6 is 0 Å². The van der Waals surface area contributed by atoms with Gasteiger partial charge in [-0.15, -0.1) is 0 Å². The second-order valence-corrected chi connectivity index (χ2v) is 6.35. The van der Waals surface area contributed by atoms with Crippen molar-refractivity contribution >= 4 is 0 Å². The summed E-state index contributed by atoms with van der Waals surface area (Å²) in [6.07, 6.45) is 3.51. The lowest BCUT2D eigenvalue weighted by Gasteiger charge is -2.41. The second-order valence-electron chi connectivity index (χ2n) is 6.35. The highest BCUT2D eigenvalue weighted by molar-refractivity contribution is 5.23. The van der Waals surface area contributed by atoms with Crippen molar-refractivity contribution < 1.29 is 4.39 Å². The first-order valence-electron chi connectivity index (χ1n) is 6.92. The third-order valence-electron chi connectivity index (χ3n) is 4.30. The zero-order valence-corrected chi connectivity index (χ0v) is 11.7. The highest BCUT2D eigenvalue weighted by Gasteiger charge is 2.36. The molecule has 0 bridgehead atoms. The molecule has 0 aliphatic heterocycles. The molecule has 100 valence electrons. The number of nitrogens with one attached hydrogen (secondary N) is 1. The van der Waals surface area contributed by atoms with Gasteiger partial charge in [-0.3, -0.25) is 0 Å². The van der Waals surface area contributed by atoms with Crippen LogP contribution in [0.5, 0.6) is 0 Å². The summed E-state index contributed by atoms with van der Waals surface area (Å²) in [5.41, 5.74) is 1.24. The molecule has 0 aromatic heterocycles. The van der Waals surface area contributed by atoms with Crippen molar-refractivity contribution in [3.8, 4) is 0 Å². The summed E-state index contributed by atoms with van der Waals surface area (Å²) in [7, 11) is 1.98. The monoisotopic (exact) mass is 249 g/mol. The highest BCUT2D eigenvalue weighted by Crippen LogP contribution is 2.46. The largest absolute Gasteiger partial charge is 0.319 e. The minimum Gasteiger partial charge on any atom is -0.319 e. The van der Waals surface area contributed by atoms with Gasteiger partial charge in [0.15, 0.2) is 0 Å². The third kappa shape index (κ3) is 2.92. The van der Waals surface area contributed by atoms with E-state index in [-0.39, 0.29) is 5.82 Å². The first-order valence-corrected chi connectivity index (χ1v) is 6.92. The zero-order valence-electron chi connectivity index (χ0n) is 11.7. The van der Waals surface area contributed by atoms with Gasteiger partial charge in [0, 0.05) is 0 Å². The number of benzene rings is 1. The Labute approximate surface area is 110 Å². The molecule has 2 unspecified atom stereocenters. The molecule has 1 nitrogen and oxygen atoms in total. The molecule has 18 heavy (non-hydrogen) atoms. The maximum absolute atomic E-state index is 14.0. The Morgan fingerprint density at radius 1 is 1.33 bits per heavy atom. The van der Waals surface area contributed by atoms with E-state index in [1.807, 2.05) is 19.2 Å². The molecule has 1 aliphatic carbocycles. The highest BCUT2D eigenvalue weighted by atomic mass is 19.1. The molecule has 0 saturated heterocycles. The lowest BCUT2D eigenvalue weighted by Crippen LogP contribution is -2.34. The summed E-state index contributed by atoms with van der Waals surface area (Å²) < 4.78 is 14.0. The van der Waals surface area contributed by atoms with Crippen LogP contribution in [0.4, 0.5) is 4.39 Å². The summed E-state index contributed by atoms with van der Waals surface area (Å²) >= 11 is 0. The standard InChI is InChI=1S/C16H24FN/c1-16(2)9-8-12(11-18-3)14(10-16)13-6-4-5-7-15(13)17/h4-7,12,14,18H,8-11H2,1-3H3. The maximum Gasteiger partial charge on any atom is 0.126 e. The molecule has 0 radical (unpaired) electrons. The molecule has 0 heterocycles. The molecule has 2 rings (SSSR count). The van der Waals surface area contributed by atoms with Crippen LogP contribution in [0.2, 0.25) is 0 Å². The molecule has 1 aliphatic rings. The van der Waals surface area contributed by atoms with Gasteiger partial charge in [0.2, 0.25) is 0 Å². The normalized spacial score (nSPS) is 27.1. The molecule has 1 N–H and O–H groups in total. The summed E-state index contributed by atoms with van der Waals surface area (Å²) in [5.74, 6) is 0.864. The first-order chi connectivity index (χ1) is 8.53. The smallest absolute Gasteiger partial charge is 0.126 e. The van der Waals surface area contributed by atoms with Crippen LogP contribution < -0.4 is 5.32 Å². The van der Waals surface area contributed by atoms with Crippen molar-refractivity contribution in [2.75, 3.05) is 13.6 Å². The topological polar surface area (TPSA) is 12.0 Å². The van der Waals surface area contributed by atoms with Crippen LogP contribution in [-0.4, -0.2) is 13.6 Å². The number of rotatable bonds is 3. The Hall–Kier alpha value is -0.890. The number of hydrogen-bond donors (Lipinski definition) is 1. The summed E-state index contributed by atoms with van der Waals surface area (Å²) in [6.45, 7) is 5.59. The summed E-state index contributed by atoms with van der Waals surface area (Å²) in [6, 6.07) is 7.29. The van der Waals surface area contributed by atoms with E-state index in [0.29, 0.717) is 17.3 Å². The van der Waals surface area contributed by atoms with Crippen LogP contribution in [0.25, 0.3) is 0 Å². The summed E-state index contributed by atoms with van der Waals surface area (Å²) in [4.78, 5) is 0. The molecule has 0 spiro atoms. The van der Waals surface area contributed by atoms with E-state index in [4.69, 9.17) is 0 Å². The van der Waals surface area contributed by atoms with Gasteiger partial charge in [0.05, 0.1) is 0 Å². The van der Waals surface area contributed by atoms with E-state index in [1.54, 1.807) is 12.1 Å². The van der Waals surface area contributed by atoms with Crippen molar-refractivity contribution in [2.45, 2.75) is 39.0 Å². The molecule has 2 atom stereocenters. The van der Waals surface area contributed by atoms with Gasteiger partial charge < -0.3 is 5.32 Å². The molecule has 1 fully saturated rings. The average molecular weight is 249 g/mol. The third-order valence-corrected chi connectivity index (χ3v) is 4.30. The van der Waals surface area contributed by atoms with E-state index in [1.165, 1.54) is 12.8 Å². The van der Waals surface area contributed by atoms with Crippen molar-refractivity contribution in [1.29, 1.82) is 0 Å². The van der Waals surface area contributed by atoms with Crippen LogP contribution in [0.1, 0.15) is 44.6 Å². The van der Waals surface area contributed by atoms with E-state index < -0.39 is 0 Å². The molecule has 2 heteroatoms. The Balaban J connectivity index is 2.27. The second kappa shape index (κ2) is 5.40. The van der Waals surface area contributed by atoms with Crippen molar-refractivity contribution in [2.24, 2.45) is 11.3 Å². The van der Waals surface area contributed by atoms with E-state index >= 15 is 0 Å². The predicted molar refractivity (Wildman–Crippen MR) is 74.2 cm³/mol. The van der Waals surface area contributed by atoms with Gasteiger partial charge in [-0.2, -0.15) is 0 Å². The average Bonchev–Trinajstić information content (AvgIpc) is 2.32. The molecule has 0 amide bonds. The zero-order chi connectivity index (χ0) is 13.2. The van der Waals surface area contributed by atoms with Gasteiger partial charge >= 0.3 is 0 Å². The van der Waals surface area contributed by atoms with E-state index in [2.05, 4.69) is 19.2 Å². The Kier molecular flexibility index (Phi) is 4.06. The fourth-order valence-corrected chi connectivity index (χ4v) is 3.29. The molecular formula is C16H24FN. The van der Waals surface area contributed by atoms with Crippen molar-refractivity contribution in [1.82, 2.24) is 5.32 Å². The SMILES string of the molecule is CNCC1CCC(C)(C)CC1c1ccccc1F. The van der Waals surface area contributed by atoms with Crippen LogP contribution in [0.15, 0.2) is 24.3 Å². The van der Waals surface area contributed by atoms with Crippen molar-refractivity contribution in [3.63, 3.8) is 0 Å². The molecular weight excluding hydrogens is 225 g/mol. The van der Waals surface area contributed by atoms with Gasteiger partial charge in [0.25, 0.3) is 0 Å². The summed E-state index contributed by atoms with van der Waals surface area (Å²) in [5, 5.41) is 3.26. The molecule has 1 saturated carbocycles. The van der Waals surface area contributed by atoms with E-state index in [9.17, 15) is 4.39 Å². The maximum atomic E-state index is 14.0. The minimum absolute atomic E-state index is 0.0405. The fourth-order valence-electron chi connectivity index (χ4n) is 3.29. The Morgan fingerprint density at radius 3 is 2.72 bits per heavy atom. The minimum atomic E-state index is -0.0405. The fraction of sp³-hybridized carbons (Fsp3) is 0.625. The number of halogens is 1. The van der Waals surface area contributed by atoms with Gasteiger partial charge in [0.1, 0.15) is 5.82 Å². The first kappa shape index (κ1) is 13.5. The van der Waals surface area contributed by atoms with Crippen LogP contribution in [0, 0.1) is 17.2 Å². The lowest BCUT2D eigenvalue weighted by atomic mass is 9.65. The predicted octanol–water partition coefficient (Wildman–Crippen LogP) is 3.96. The van der Waals surface area contributed by atoms with E-state index in [0.717, 1.165) is 18.5 Å². The quantitative estimate of drug-likeness (QED) is 0.855. The van der Waals surface area contributed by atoms with Crippen LogP contribution in [-0.2, 0) is 0 Å². The molecule has 1 aromatic rings. The Morgan fingerprint density at radius 2 is 2.06 bits per heavy atom. The van der Waals surface area contributed by atoms with Crippen LogP contribution in [0.3, 0.4) is 0 Å². The van der Waals surface area contributed by atoms with Gasteiger partial charge in [-0.1, -0.05) is 32.0 Å². The molecule has 1 aromatic carbocycles. The Bertz CT molecular complexity index is 400. The van der Waals surface area contributed by atoms with Crippen molar-refractivity contribution in [3.05, 3.63) is 35.6 Å². The number of hydrogen-bond acceptors (Lipinski definition) is 1. The van der Waals surface area contributed by atoms with Gasteiger partial charge in [-0.05, 0) is 61.7 Å². The van der Waals surface area contributed by atoms with Gasteiger partial charge in [-0.25, -0.2) is 4.39 Å². The lowest BCUT2D eigenvalue weighted by molar-refractivity contribution is 0.159.